The Morgan fingerprint density at radius 1 is 1.16 bits per heavy atom. The summed E-state index contributed by atoms with van der Waals surface area (Å²) in [5, 5.41) is 20.3. The van der Waals surface area contributed by atoms with Gasteiger partial charge in [0.15, 0.2) is 4.34 Å². The first kappa shape index (κ1) is 21.4. The van der Waals surface area contributed by atoms with Crippen molar-refractivity contribution < 1.29 is 9.59 Å². The van der Waals surface area contributed by atoms with Crippen LogP contribution in [0.4, 0.5) is 5.13 Å². The van der Waals surface area contributed by atoms with E-state index < -0.39 is 6.04 Å². The topological polar surface area (TPSA) is 99.0 Å². The fourth-order valence-electron chi connectivity index (χ4n) is 2.93. The number of nitriles is 1. The number of benzene rings is 2. The number of rotatable bonds is 6. The molecule has 31 heavy (non-hydrogen) atoms. The van der Waals surface area contributed by atoms with Crippen LogP contribution in [-0.4, -0.2) is 44.6 Å². The summed E-state index contributed by atoms with van der Waals surface area (Å²) in [6.07, 6.45) is 0. The van der Waals surface area contributed by atoms with E-state index in [0.717, 1.165) is 9.90 Å². The molecule has 10 heteroatoms. The molecular weight excluding hydrogens is 450 g/mol. The molecule has 0 spiro atoms. The van der Waals surface area contributed by atoms with Gasteiger partial charge in [0, 0.05) is 17.1 Å². The van der Waals surface area contributed by atoms with E-state index in [1.54, 1.807) is 40.9 Å². The molecule has 2 amide bonds. The van der Waals surface area contributed by atoms with Gasteiger partial charge >= 0.3 is 0 Å². The normalized spacial score (nSPS) is 15.5. The molecule has 7 nitrogen and oxygen atoms in total. The van der Waals surface area contributed by atoms with Crippen molar-refractivity contribution in [3.8, 4) is 6.07 Å². The van der Waals surface area contributed by atoms with Crippen molar-refractivity contribution in [2.75, 3.05) is 16.9 Å². The van der Waals surface area contributed by atoms with E-state index in [2.05, 4.69) is 21.6 Å². The number of hydrogen-bond donors (Lipinski definition) is 1. The van der Waals surface area contributed by atoms with Crippen molar-refractivity contribution in [3.05, 3.63) is 71.3 Å². The van der Waals surface area contributed by atoms with Gasteiger partial charge in [0.2, 0.25) is 11.0 Å². The lowest BCUT2D eigenvalue weighted by molar-refractivity contribution is -0.119. The summed E-state index contributed by atoms with van der Waals surface area (Å²) in [7, 11) is 0. The lowest BCUT2D eigenvalue weighted by Crippen LogP contribution is -2.44. The van der Waals surface area contributed by atoms with Gasteiger partial charge in [0.05, 0.1) is 17.5 Å². The lowest BCUT2D eigenvalue weighted by Gasteiger charge is -2.22. The predicted octanol–water partition coefficient (Wildman–Crippen LogP) is 3.86. The third-order valence-corrected chi connectivity index (χ3v) is 7.60. The molecule has 1 aliphatic rings. The largest absolute Gasteiger partial charge is 0.316 e. The standard InChI is InChI=1S/C21H17N5O2S3/c22-10-14-6-8-15(9-7-14)11-30-21-25-24-20(31-21)23-18(27)17-12-29-13-26(17)19(28)16-4-2-1-3-5-16/h1-9,17H,11-13H2,(H,23,24,27)/t17-/m0/s1. The highest BCUT2D eigenvalue weighted by atomic mass is 32.2. The molecule has 1 fully saturated rings. The Morgan fingerprint density at radius 2 is 1.94 bits per heavy atom. The van der Waals surface area contributed by atoms with Crippen molar-refractivity contribution in [2.45, 2.75) is 16.1 Å². The summed E-state index contributed by atoms with van der Waals surface area (Å²) >= 11 is 4.36. The average Bonchev–Trinajstić information content (AvgIpc) is 3.48. The number of aromatic nitrogens is 2. The second-order valence-corrected chi connectivity index (χ2v) is 9.82. The highest BCUT2D eigenvalue weighted by molar-refractivity contribution is 8.00. The molecule has 0 aliphatic carbocycles. The van der Waals surface area contributed by atoms with Crippen LogP contribution in [0, 0.1) is 11.3 Å². The zero-order valence-electron chi connectivity index (χ0n) is 16.2. The van der Waals surface area contributed by atoms with Gasteiger partial charge in [-0.2, -0.15) is 5.26 Å². The van der Waals surface area contributed by atoms with Crippen LogP contribution >= 0.6 is 34.9 Å². The number of thioether (sulfide) groups is 2. The smallest absolute Gasteiger partial charge is 0.255 e. The maximum absolute atomic E-state index is 12.8. The van der Waals surface area contributed by atoms with Crippen LogP contribution in [0.2, 0.25) is 0 Å². The molecule has 0 unspecified atom stereocenters. The van der Waals surface area contributed by atoms with Gasteiger partial charge < -0.3 is 4.90 Å². The molecule has 156 valence electrons. The van der Waals surface area contributed by atoms with Gasteiger partial charge in [-0.1, -0.05) is 53.4 Å². The number of nitrogens with one attached hydrogen (secondary N) is 1. The summed E-state index contributed by atoms with van der Waals surface area (Å²) < 4.78 is 0.734. The molecule has 3 aromatic rings. The van der Waals surface area contributed by atoms with E-state index >= 15 is 0 Å². The Balaban J connectivity index is 1.34. The summed E-state index contributed by atoms with van der Waals surface area (Å²) in [5.41, 5.74) is 2.27. The molecule has 0 saturated carbocycles. The minimum Gasteiger partial charge on any atom is -0.316 e. The number of hydrogen-bond acceptors (Lipinski definition) is 8. The fourth-order valence-corrected chi connectivity index (χ4v) is 5.80. The minimum atomic E-state index is -0.545. The number of amides is 2. The van der Waals surface area contributed by atoms with Crippen molar-refractivity contribution in [1.82, 2.24) is 15.1 Å². The van der Waals surface area contributed by atoms with Crippen molar-refractivity contribution in [2.24, 2.45) is 0 Å². The van der Waals surface area contributed by atoms with Crippen LogP contribution < -0.4 is 5.32 Å². The second kappa shape index (κ2) is 9.96. The van der Waals surface area contributed by atoms with Gasteiger partial charge in [0.25, 0.3) is 5.91 Å². The first-order chi connectivity index (χ1) is 15.1. The Bertz CT molecular complexity index is 1110. The van der Waals surface area contributed by atoms with Gasteiger partial charge in [0.1, 0.15) is 6.04 Å². The molecule has 1 atom stereocenters. The zero-order valence-corrected chi connectivity index (χ0v) is 18.7. The van der Waals surface area contributed by atoms with Gasteiger partial charge in [-0.15, -0.1) is 22.0 Å². The average molecular weight is 468 g/mol. The monoisotopic (exact) mass is 467 g/mol. The Morgan fingerprint density at radius 3 is 2.68 bits per heavy atom. The van der Waals surface area contributed by atoms with Crippen LogP contribution in [0.1, 0.15) is 21.5 Å². The molecule has 0 radical (unpaired) electrons. The van der Waals surface area contributed by atoms with Gasteiger partial charge in [-0.3, -0.25) is 14.9 Å². The summed E-state index contributed by atoms with van der Waals surface area (Å²) in [4.78, 5) is 27.2. The molecule has 1 aliphatic heterocycles. The van der Waals surface area contributed by atoms with Gasteiger partial charge in [-0.25, -0.2) is 0 Å². The Hall–Kier alpha value is -2.87. The predicted molar refractivity (Wildman–Crippen MR) is 123 cm³/mol. The molecule has 0 bridgehead atoms. The van der Waals surface area contributed by atoms with E-state index in [0.29, 0.717) is 33.6 Å². The summed E-state index contributed by atoms with van der Waals surface area (Å²) in [6, 6.07) is 17.9. The minimum absolute atomic E-state index is 0.151. The third kappa shape index (κ3) is 5.25. The van der Waals surface area contributed by atoms with E-state index in [1.165, 1.54) is 23.1 Å². The van der Waals surface area contributed by atoms with Crippen LogP contribution in [-0.2, 0) is 10.5 Å². The maximum atomic E-state index is 12.8. The molecule has 2 heterocycles. The molecule has 1 N–H and O–H groups in total. The van der Waals surface area contributed by atoms with E-state index in [-0.39, 0.29) is 11.8 Å². The fraction of sp³-hybridized carbons (Fsp3) is 0.190. The molecule has 1 saturated heterocycles. The summed E-state index contributed by atoms with van der Waals surface area (Å²) in [5.74, 6) is 1.31. The zero-order chi connectivity index (χ0) is 21.6. The van der Waals surface area contributed by atoms with E-state index in [9.17, 15) is 9.59 Å². The molecule has 4 rings (SSSR count). The third-order valence-electron chi connectivity index (χ3n) is 4.55. The van der Waals surface area contributed by atoms with Crippen molar-refractivity contribution >= 4 is 51.8 Å². The van der Waals surface area contributed by atoms with Crippen LogP contribution in [0.15, 0.2) is 58.9 Å². The van der Waals surface area contributed by atoms with Crippen LogP contribution in [0.3, 0.4) is 0 Å². The molecule has 1 aromatic heterocycles. The lowest BCUT2D eigenvalue weighted by atomic mass is 10.1. The number of carbonyl (C=O) groups is 2. The van der Waals surface area contributed by atoms with Gasteiger partial charge in [-0.05, 0) is 29.8 Å². The highest BCUT2D eigenvalue weighted by Gasteiger charge is 2.35. The SMILES string of the molecule is N#Cc1ccc(CSc2nnc(NC(=O)[C@@H]3CSCN3C(=O)c3ccccc3)s2)cc1. The molecular formula is C21H17N5O2S3. The van der Waals surface area contributed by atoms with E-state index in [4.69, 9.17) is 5.26 Å². The second-order valence-electron chi connectivity index (χ2n) is 6.62. The number of anilines is 1. The number of carbonyl (C=O) groups excluding carboxylic acids is 2. The molecule has 2 aromatic carbocycles. The summed E-state index contributed by atoms with van der Waals surface area (Å²) in [6.45, 7) is 0. The quantitative estimate of drug-likeness (QED) is 0.434. The number of nitrogens with zero attached hydrogens (tertiary/aromatic N) is 4. The maximum Gasteiger partial charge on any atom is 0.255 e. The van der Waals surface area contributed by atoms with Crippen LogP contribution in [0.5, 0.6) is 0 Å². The first-order valence-electron chi connectivity index (χ1n) is 9.34. The first-order valence-corrected chi connectivity index (χ1v) is 12.3. The Labute approximate surface area is 191 Å². The van der Waals surface area contributed by atoms with Crippen LogP contribution in [0.25, 0.3) is 0 Å². The van der Waals surface area contributed by atoms with Crippen molar-refractivity contribution in [3.63, 3.8) is 0 Å². The van der Waals surface area contributed by atoms with Crippen molar-refractivity contribution in [1.29, 1.82) is 5.26 Å². The highest BCUT2D eigenvalue weighted by Crippen LogP contribution is 2.29. The van der Waals surface area contributed by atoms with E-state index in [1.807, 2.05) is 30.3 Å². The Kier molecular flexibility index (Phi) is 6.86.